The zero-order valence-electron chi connectivity index (χ0n) is 45.2. The standard InChI is InChI=1S/C70H65N4O.Pt/c1-67(2,3)53-31-34-63-62(42-53)61-33-32-59(45-64(61)74(63)66-43-54(35-36-71-66)69(7,8)51-27-19-13-20-28-51)75-60-41-56(70(9,10)52-29-21-14-22-30-52)40-58(44-60)73-47-72(46-65(73)49-25-17-12-18-26-49)57-38-50(48-23-15-11-16-24-48)37-55(39-57)68(4,5)6;/h11-43,46-47H,1-10H3;/q-3;. The molecule has 0 unspecified atom stereocenters. The monoisotopic (exact) mass is 1170 g/mol. The summed E-state index contributed by atoms with van der Waals surface area (Å²) in [6.07, 6.45) is 4.18. The molecule has 2 aromatic heterocycles. The Bertz CT molecular complexity index is 3730. The van der Waals surface area contributed by atoms with E-state index in [-0.39, 0.29) is 37.3 Å². The Labute approximate surface area is 464 Å². The van der Waals surface area contributed by atoms with Crippen LogP contribution in [-0.4, -0.2) is 9.55 Å². The summed E-state index contributed by atoms with van der Waals surface area (Å²) in [5.41, 5.74) is 14.8. The van der Waals surface area contributed by atoms with Crippen molar-refractivity contribution in [3.05, 3.63) is 264 Å². The molecule has 0 amide bonds. The van der Waals surface area contributed by atoms with E-state index in [1.165, 1.54) is 38.9 Å². The van der Waals surface area contributed by atoms with E-state index in [4.69, 9.17) is 9.72 Å². The number of hydrogen-bond donors (Lipinski definition) is 0. The van der Waals surface area contributed by atoms with Crippen LogP contribution in [0.2, 0.25) is 0 Å². The van der Waals surface area contributed by atoms with Crippen LogP contribution in [0.3, 0.4) is 0 Å². The number of ether oxygens (including phenoxy) is 1. The average Bonchev–Trinajstić information content (AvgIpc) is 4.04. The maximum atomic E-state index is 7.11. The number of aromatic nitrogens is 2. The predicted molar refractivity (Wildman–Crippen MR) is 313 cm³/mol. The van der Waals surface area contributed by atoms with Gasteiger partial charge in [-0.2, -0.15) is 6.07 Å². The molecule has 384 valence electrons. The van der Waals surface area contributed by atoms with E-state index in [0.29, 0.717) is 11.5 Å². The normalized spacial score (nSPS) is 13.3. The van der Waals surface area contributed by atoms with Crippen molar-refractivity contribution in [2.75, 3.05) is 9.80 Å². The summed E-state index contributed by atoms with van der Waals surface area (Å²) in [7, 11) is 0. The molecule has 0 saturated heterocycles. The molecule has 6 heteroatoms. The number of hydrogen-bond acceptors (Lipinski definition) is 4. The van der Waals surface area contributed by atoms with Crippen molar-refractivity contribution in [1.82, 2.24) is 9.55 Å². The quantitative estimate of drug-likeness (QED) is 0.121. The average molecular weight is 1170 g/mol. The molecule has 0 saturated carbocycles. The van der Waals surface area contributed by atoms with Crippen molar-refractivity contribution in [2.24, 2.45) is 0 Å². The molecule has 76 heavy (non-hydrogen) atoms. The molecule has 10 aromatic rings. The van der Waals surface area contributed by atoms with Gasteiger partial charge in [-0.25, -0.2) is 4.98 Å². The third-order valence-corrected chi connectivity index (χ3v) is 15.3. The molecule has 0 aliphatic carbocycles. The van der Waals surface area contributed by atoms with Gasteiger partial charge in [-0.1, -0.05) is 214 Å². The fourth-order valence-corrected chi connectivity index (χ4v) is 10.4. The van der Waals surface area contributed by atoms with Crippen LogP contribution in [0.5, 0.6) is 11.5 Å². The van der Waals surface area contributed by atoms with Gasteiger partial charge in [0.15, 0.2) is 0 Å². The number of anilines is 2. The van der Waals surface area contributed by atoms with Crippen molar-refractivity contribution in [1.29, 1.82) is 0 Å². The summed E-state index contributed by atoms with van der Waals surface area (Å²) in [6.45, 7) is 25.0. The van der Waals surface area contributed by atoms with Gasteiger partial charge in [0.05, 0.1) is 0 Å². The van der Waals surface area contributed by atoms with Gasteiger partial charge in [0, 0.05) is 61.1 Å². The molecule has 3 heterocycles. The van der Waals surface area contributed by atoms with E-state index >= 15 is 0 Å². The maximum absolute atomic E-state index is 7.11. The van der Waals surface area contributed by atoms with E-state index in [1.54, 1.807) is 0 Å². The van der Waals surface area contributed by atoms with Gasteiger partial charge in [-0.15, -0.1) is 53.6 Å². The van der Waals surface area contributed by atoms with E-state index < -0.39 is 5.41 Å². The van der Waals surface area contributed by atoms with Gasteiger partial charge in [0.2, 0.25) is 0 Å². The molecule has 11 rings (SSSR count). The number of nitrogens with zero attached hydrogens (tertiary/aromatic N) is 4. The predicted octanol–water partition coefficient (Wildman–Crippen LogP) is 17.9. The molecule has 1 aliphatic rings. The first kappa shape index (κ1) is 52.0. The Morgan fingerprint density at radius 3 is 1.70 bits per heavy atom. The third kappa shape index (κ3) is 10.1. The first-order chi connectivity index (χ1) is 35.9. The summed E-state index contributed by atoms with van der Waals surface area (Å²) in [5, 5.41) is 2.23. The first-order valence-corrected chi connectivity index (χ1v) is 26.2. The van der Waals surface area contributed by atoms with E-state index in [2.05, 4.69) is 297 Å². The Balaban J connectivity index is 0.00000657. The molecule has 0 fully saturated rings. The van der Waals surface area contributed by atoms with Gasteiger partial charge in [0.1, 0.15) is 5.82 Å². The number of pyridine rings is 1. The summed E-state index contributed by atoms with van der Waals surface area (Å²) in [6, 6.07) is 77.1. The van der Waals surface area contributed by atoms with Crippen LogP contribution in [0.25, 0.3) is 44.4 Å². The third-order valence-electron chi connectivity index (χ3n) is 15.3. The van der Waals surface area contributed by atoms with E-state index in [9.17, 15) is 0 Å². The van der Waals surface area contributed by atoms with Crippen LogP contribution < -0.4 is 14.5 Å². The van der Waals surface area contributed by atoms with Crippen LogP contribution in [0, 0.1) is 18.8 Å². The topological polar surface area (TPSA) is 33.5 Å². The van der Waals surface area contributed by atoms with Gasteiger partial charge in [-0.05, 0) is 103 Å². The van der Waals surface area contributed by atoms with Crippen molar-refractivity contribution < 1.29 is 25.8 Å². The molecule has 0 bridgehead atoms. The Hall–Kier alpha value is -7.46. The molecule has 0 spiro atoms. The van der Waals surface area contributed by atoms with Gasteiger partial charge >= 0.3 is 0 Å². The molecular formula is C70H65N4OPt-3. The van der Waals surface area contributed by atoms with Crippen LogP contribution in [-0.2, 0) is 42.7 Å². The minimum Gasteiger partial charge on any atom is -0.509 e. The summed E-state index contributed by atoms with van der Waals surface area (Å²) < 4.78 is 9.36. The zero-order valence-corrected chi connectivity index (χ0v) is 47.5. The van der Waals surface area contributed by atoms with Crippen molar-refractivity contribution in [3.8, 4) is 28.4 Å². The zero-order chi connectivity index (χ0) is 52.3. The molecule has 8 aromatic carbocycles. The van der Waals surface area contributed by atoms with Crippen molar-refractivity contribution >= 4 is 38.9 Å². The minimum atomic E-state index is -0.403. The summed E-state index contributed by atoms with van der Waals surface area (Å²) in [5.74, 6) is 2.00. The number of benzene rings is 8. The summed E-state index contributed by atoms with van der Waals surface area (Å²) >= 11 is 0. The fourth-order valence-electron chi connectivity index (χ4n) is 10.4. The van der Waals surface area contributed by atoms with Gasteiger partial charge < -0.3 is 19.1 Å². The van der Waals surface area contributed by atoms with E-state index in [1.807, 2.05) is 12.3 Å². The second kappa shape index (κ2) is 20.2. The molecular weight excluding hydrogens is 1110 g/mol. The molecule has 0 N–H and O–H groups in total. The second-order valence-corrected chi connectivity index (χ2v) is 23.2. The largest absolute Gasteiger partial charge is 0.509 e. The van der Waals surface area contributed by atoms with Crippen molar-refractivity contribution in [2.45, 2.75) is 90.9 Å². The van der Waals surface area contributed by atoms with Crippen LogP contribution >= 0.6 is 0 Å². The SMILES string of the molecule is CC(C)(C)c1cc(-c2ccccc2)cc(N2C=C(c3ccccc3)N(c3[c-]c(Oc4[c-]c5c(cc4)c4cc(C(C)(C)C)ccc4n5-c4cc(C(C)(C)c5ccccc5)ccn4)cc(C(C)(C)c4ccccc4)c3)[CH-]2)c1.[Pt]. The van der Waals surface area contributed by atoms with Crippen LogP contribution in [0.4, 0.5) is 11.4 Å². The number of fused-ring (bicyclic) bond motifs is 3. The maximum Gasteiger partial charge on any atom is 0.135 e. The molecule has 0 atom stereocenters. The molecule has 0 radical (unpaired) electrons. The fraction of sp³-hybridized carbons (Fsp3) is 0.200. The first-order valence-electron chi connectivity index (χ1n) is 26.2. The Morgan fingerprint density at radius 2 is 1.07 bits per heavy atom. The van der Waals surface area contributed by atoms with Gasteiger partial charge in [0.25, 0.3) is 0 Å². The molecule has 1 aliphatic heterocycles. The smallest absolute Gasteiger partial charge is 0.135 e. The summed E-state index contributed by atoms with van der Waals surface area (Å²) in [4.78, 5) is 9.58. The van der Waals surface area contributed by atoms with Gasteiger partial charge in [-0.3, -0.25) is 0 Å². The Morgan fingerprint density at radius 1 is 0.461 bits per heavy atom. The van der Waals surface area contributed by atoms with E-state index in [0.717, 1.165) is 55.8 Å². The number of rotatable bonds is 11. The van der Waals surface area contributed by atoms with Crippen LogP contribution in [0.15, 0.2) is 207 Å². The second-order valence-electron chi connectivity index (χ2n) is 23.2. The van der Waals surface area contributed by atoms with Crippen LogP contribution in [0.1, 0.15) is 108 Å². The molecule has 5 nitrogen and oxygen atoms in total. The Kier molecular flexibility index (Phi) is 13.9. The van der Waals surface area contributed by atoms with Crippen molar-refractivity contribution in [3.63, 3.8) is 0 Å². The minimum absolute atomic E-state index is 0.